The molecule has 0 bridgehead atoms. The number of benzene rings is 2. The molecule has 2 aromatic carbocycles. The highest BCUT2D eigenvalue weighted by Crippen LogP contribution is 2.35. The number of anilines is 4. The molecule has 0 aliphatic carbocycles. The van der Waals surface area contributed by atoms with Crippen molar-refractivity contribution in [2.24, 2.45) is 0 Å². The molecule has 2 heterocycles. The summed E-state index contributed by atoms with van der Waals surface area (Å²) in [6, 6.07) is 12.6. The molecule has 2 N–H and O–H groups in total. The molecule has 0 unspecified atom stereocenters. The van der Waals surface area contributed by atoms with Crippen molar-refractivity contribution in [2.75, 3.05) is 17.4 Å². The van der Waals surface area contributed by atoms with Gasteiger partial charge in [-0.25, -0.2) is 9.97 Å². The van der Waals surface area contributed by atoms with E-state index in [0.717, 1.165) is 11.4 Å². The molecule has 0 atom stereocenters. The SMILES string of the molecule is Cc1nc(Nc2ccc3c(c2)OCO3)cc(Nc2ccc(Cl)cc2Cl)n1. The van der Waals surface area contributed by atoms with E-state index in [1.807, 2.05) is 25.1 Å². The minimum atomic E-state index is 0.237. The number of hydrogen-bond acceptors (Lipinski definition) is 6. The van der Waals surface area contributed by atoms with Gasteiger partial charge in [0.1, 0.15) is 17.5 Å². The smallest absolute Gasteiger partial charge is 0.231 e. The molecule has 0 saturated heterocycles. The monoisotopic (exact) mass is 388 g/mol. The summed E-state index contributed by atoms with van der Waals surface area (Å²) >= 11 is 12.1. The first-order valence-electron chi connectivity index (χ1n) is 7.81. The van der Waals surface area contributed by atoms with E-state index in [9.17, 15) is 0 Å². The van der Waals surface area contributed by atoms with E-state index in [1.54, 1.807) is 24.3 Å². The lowest BCUT2D eigenvalue weighted by atomic mass is 10.2. The Morgan fingerprint density at radius 1 is 0.885 bits per heavy atom. The lowest BCUT2D eigenvalue weighted by Crippen LogP contribution is -2.01. The number of nitrogens with one attached hydrogen (secondary N) is 2. The van der Waals surface area contributed by atoms with Gasteiger partial charge in [0.25, 0.3) is 0 Å². The largest absolute Gasteiger partial charge is 0.454 e. The molecule has 0 amide bonds. The first-order valence-corrected chi connectivity index (χ1v) is 8.57. The van der Waals surface area contributed by atoms with Gasteiger partial charge in [-0.05, 0) is 37.3 Å². The standard InChI is InChI=1S/C18H14Cl2N4O2/c1-10-21-17(23-12-3-5-15-16(7-12)26-9-25-15)8-18(22-10)24-14-4-2-11(19)6-13(14)20/h2-8H,9H2,1H3,(H2,21,22,23,24). The van der Waals surface area contributed by atoms with Gasteiger partial charge in [0.2, 0.25) is 6.79 Å². The molecule has 1 aromatic heterocycles. The average Bonchev–Trinajstić information content (AvgIpc) is 3.05. The molecule has 4 rings (SSSR count). The number of halogens is 2. The summed E-state index contributed by atoms with van der Waals surface area (Å²) in [6.07, 6.45) is 0. The van der Waals surface area contributed by atoms with Crippen LogP contribution in [0.4, 0.5) is 23.0 Å². The second-order valence-electron chi connectivity index (χ2n) is 5.63. The van der Waals surface area contributed by atoms with Gasteiger partial charge in [-0.15, -0.1) is 0 Å². The van der Waals surface area contributed by atoms with E-state index in [-0.39, 0.29) is 6.79 Å². The number of aromatic nitrogens is 2. The summed E-state index contributed by atoms with van der Waals surface area (Å²) in [4.78, 5) is 8.81. The second-order valence-corrected chi connectivity index (χ2v) is 6.47. The Balaban J connectivity index is 1.58. The van der Waals surface area contributed by atoms with E-state index in [2.05, 4.69) is 20.6 Å². The average molecular weight is 389 g/mol. The van der Waals surface area contributed by atoms with Gasteiger partial charge < -0.3 is 20.1 Å². The molecule has 1 aliphatic heterocycles. The zero-order chi connectivity index (χ0) is 18.1. The molecule has 1 aliphatic rings. The van der Waals surface area contributed by atoms with Crippen LogP contribution in [-0.2, 0) is 0 Å². The quantitative estimate of drug-likeness (QED) is 0.631. The third kappa shape index (κ3) is 3.61. The van der Waals surface area contributed by atoms with Gasteiger partial charge in [-0.2, -0.15) is 0 Å². The Morgan fingerprint density at radius 3 is 2.46 bits per heavy atom. The van der Waals surface area contributed by atoms with Crippen LogP contribution in [0, 0.1) is 6.92 Å². The number of fused-ring (bicyclic) bond motifs is 1. The number of hydrogen-bond donors (Lipinski definition) is 2. The van der Waals surface area contributed by atoms with Crippen molar-refractivity contribution < 1.29 is 9.47 Å². The second kappa shape index (κ2) is 6.90. The minimum absolute atomic E-state index is 0.237. The number of aryl methyl sites for hydroxylation is 1. The van der Waals surface area contributed by atoms with E-state index in [1.165, 1.54) is 0 Å². The predicted molar refractivity (Wildman–Crippen MR) is 102 cm³/mol. The van der Waals surface area contributed by atoms with Gasteiger partial charge >= 0.3 is 0 Å². The maximum atomic E-state index is 6.21. The maximum Gasteiger partial charge on any atom is 0.231 e. The Labute approximate surface area is 160 Å². The summed E-state index contributed by atoms with van der Waals surface area (Å²) in [5, 5.41) is 7.51. The van der Waals surface area contributed by atoms with Crippen LogP contribution >= 0.6 is 23.2 Å². The minimum Gasteiger partial charge on any atom is -0.454 e. The molecule has 132 valence electrons. The number of nitrogens with zero attached hydrogens (tertiary/aromatic N) is 2. The molecule has 0 radical (unpaired) electrons. The van der Waals surface area contributed by atoms with E-state index < -0.39 is 0 Å². The summed E-state index contributed by atoms with van der Waals surface area (Å²) in [6.45, 7) is 2.06. The number of ether oxygens (including phenoxy) is 2. The fourth-order valence-electron chi connectivity index (χ4n) is 2.55. The topological polar surface area (TPSA) is 68.3 Å². The van der Waals surface area contributed by atoms with Crippen LogP contribution in [0.3, 0.4) is 0 Å². The van der Waals surface area contributed by atoms with Crippen LogP contribution in [0.15, 0.2) is 42.5 Å². The zero-order valence-electron chi connectivity index (χ0n) is 13.7. The molecular weight excluding hydrogens is 375 g/mol. The lowest BCUT2D eigenvalue weighted by molar-refractivity contribution is 0.174. The van der Waals surface area contributed by atoms with Gasteiger partial charge in [-0.1, -0.05) is 23.2 Å². The van der Waals surface area contributed by atoms with Crippen molar-refractivity contribution >= 4 is 46.2 Å². The molecule has 26 heavy (non-hydrogen) atoms. The van der Waals surface area contributed by atoms with Crippen LogP contribution in [0.5, 0.6) is 11.5 Å². The lowest BCUT2D eigenvalue weighted by Gasteiger charge is -2.11. The van der Waals surface area contributed by atoms with Crippen molar-refractivity contribution in [2.45, 2.75) is 6.92 Å². The molecular formula is C18H14Cl2N4O2. The maximum absolute atomic E-state index is 6.21. The Morgan fingerprint density at radius 2 is 1.65 bits per heavy atom. The van der Waals surface area contributed by atoms with Crippen molar-refractivity contribution in [3.05, 3.63) is 58.3 Å². The summed E-state index contributed by atoms with van der Waals surface area (Å²) in [5.41, 5.74) is 1.55. The molecule has 6 nitrogen and oxygen atoms in total. The van der Waals surface area contributed by atoms with Crippen molar-refractivity contribution in [3.8, 4) is 11.5 Å². The third-order valence-electron chi connectivity index (χ3n) is 3.68. The molecule has 0 fully saturated rings. The number of rotatable bonds is 4. The van der Waals surface area contributed by atoms with Crippen molar-refractivity contribution in [1.82, 2.24) is 9.97 Å². The highest BCUT2D eigenvalue weighted by molar-refractivity contribution is 6.36. The van der Waals surface area contributed by atoms with Crippen LogP contribution < -0.4 is 20.1 Å². The highest BCUT2D eigenvalue weighted by atomic mass is 35.5. The normalized spacial score (nSPS) is 12.1. The van der Waals surface area contributed by atoms with E-state index in [0.29, 0.717) is 38.9 Å². The fraction of sp³-hybridized carbons (Fsp3) is 0.111. The summed E-state index contributed by atoms with van der Waals surface area (Å²) in [7, 11) is 0. The van der Waals surface area contributed by atoms with Crippen LogP contribution in [0.2, 0.25) is 10.0 Å². The summed E-state index contributed by atoms with van der Waals surface area (Å²) < 4.78 is 10.7. The van der Waals surface area contributed by atoms with Gasteiger partial charge in [0.15, 0.2) is 11.5 Å². The van der Waals surface area contributed by atoms with Gasteiger partial charge in [-0.3, -0.25) is 0 Å². The van der Waals surface area contributed by atoms with Gasteiger partial charge in [0.05, 0.1) is 10.7 Å². The fourth-order valence-corrected chi connectivity index (χ4v) is 3.00. The van der Waals surface area contributed by atoms with Crippen LogP contribution in [-0.4, -0.2) is 16.8 Å². The molecule has 3 aromatic rings. The first-order chi connectivity index (χ1) is 12.6. The van der Waals surface area contributed by atoms with Crippen molar-refractivity contribution in [1.29, 1.82) is 0 Å². The molecule has 0 spiro atoms. The van der Waals surface area contributed by atoms with Gasteiger partial charge in [0, 0.05) is 22.8 Å². The molecule has 0 saturated carbocycles. The Hall–Kier alpha value is -2.70. The third-order valence-corrected chi connectivity index (χ3v) is 4.22. The zero-order valence-corrected chi connectivity index (χ0v) is 15.2. The highest BCUT2D eigenvalue weighted by Gasteiger charge is 2.14. The van der Waals surface area contributed by atoms with Crippen LogP contribution in [0.25, 0.3) is 0 Å². The Kier molecular flexibility index (Phi) is 4.44. The molecule has 8 heteroatoms. The van der Waals surface area contributed by atoms with E-state index >= 15 is 0 Å². The predicted octanol–water partition coefficient (Wildman–Crippen LogP) is 5.31. The Bertz CT molecular complexity index is 981. The summed E-state index contributed by atoms with van der Waals surface area (Å²) in [5.74, 6) is 3.30. The first kappa shape index (κ1) is 16.8. The van der Waals surface area contributed by atoms with E-state index in [4.69, 9.17) is 32.7 Å². The van der Waals surface area contributed by atoms with Crippen LogP contribution in [0.1, 0.15) is 5.82 Å². The van der Waals surface area contributed by atoms with Crippen molar-refractivity contribution in [3.63, 3.8) is 0 Å².